The van der Waals surface area contributed by atoms with E-state index in [-0.39, 0.29) is 17.2 Å². The van der Waals surface area contributed by atoms with Gasteiger partial charge >= 0.3 is 19.9 Å². The summed E-state index contributed by atoms with van der Waals surface area (Å²) < 4.78 is 67.9. The molecule has 2 atom stereocenters. The number of ether oxygens (including phenoxy) is 1. The maximum Gasteiger partial charge on any atom is 0.513 e. The third-order valence-corrected chi connectivity index (χ3v) is 5.90. The van der Waals surface area contributed by atoms with Crippen molar-refractivity contribution in [2.24, 2.45) is 5.41 Å². The van der Waals surface area contributed by atoms with E-state index in [1.165, 1.54) is 31.2 Å². The van der Waals surface area contributed by atoms with Crippen molar-refractivity contribution in [3.63, 3.8) is 0 Å². The van der Waals surface area contributed by atoms with Crippen molar-refractivity contribution < 1.29 is 41.2 Å². The van der Waals surface area contributed by atoms with E-state index in [9.17, 15) is 32.6 Å². The fourth-order valence-corrected chi connectivity index (χ4v) is 3.73. The van der Waals surface area contributed by atoms with E-state index in [4.69, 9.17) is 13.8 Å². The molecule has 2 aromatic rings. The predicted molar refractivity (Wildman–Crippen MR) is 112 cm³/mol. The van der Waals surface area contributed by atoms with Crippen molar-refractivity contribution in [3.8, 4) is 11.5 Å². The number of hydrogen-bond donors (Lipinski definition) is 1. The zero-order valence-electron chi connectivity index (χ0n) is 17.9. The molecule has 0 aliphatic carbocycles. The van der Waals surface area contributed by atoms with Crippen LogP contribution < -0.4 is 14.1 Å². The van der Waals surface area contributed by atoms with Gasteiger partial charge in [-0.2, -0.15) is 18.3 Å². The molecule has 0 aliphatic heterocycles. The van der Waals surface area contributed by atoms with E-state index >= 15 is 0 Å². The van der Waals surface area contributed by atoms with E-state index in [2.05, 4.69) is 5.09 Å². The molecule has 9 nitrogen and oxygen atoms in total. The largest absolute Gasteiger partial charge is 0.513 e. The summed E-state index contributed by atoms with van der Waals surface area (Å²) in [6.07, 6.45) is -4.60. The number of nitrogens with zero attached hydrogens (tertiary/aromatic N) is 1. The van der Waals surface area contributed by atoms with Crippen molar-refractivity contribution >= 4 is 19.4 Å². The molecule has 0 fully saturated rings. The van der Waals surface area contributed by atoms with Crippen LogP contribution in [-0.2, 0) is 14.1 Å². The first-order chi connectivity index (χ1) is 15.2. The monoisotopic (exact) mass is 490 g/mol. The van der Waals surface area contributed by atoms with Gasteiger partial charge in [0, 0.05) is 12.1 Å². The lowest BCUT2D eigenvalue weighted by Crippen LogP contribution is -2.41. The van der Waals surface area contributed by atoms with Gasteiger partial charge in [-0.25, -0.2) is 4.57 Å². The molecule has 0 amide bonds. The highest BCUT2D eigenvalue weighted by atomic mass is 31.2. The van der Waals surface area contributed by atoms with Gasteiger partial charge in [0.2, 0.25) is 0 Å². The maximum atomic E-state index is 13.4. The number of nitro benzene ring substituents is 1. The summed E-state index contributed by atoms with van der Waals surface area (Å²) in [5.41, 5.74) is -2.53. The molecule has 0 saturated heterocycles. The molecule has 0 radical (unpaired) electrons. The summed E-state index contributed by atoms with van der Waals surface area (Å²) in [6.45, 7) is 2.01. The third-order valence-electron chi connectivity index (χ3n) is 4.29. The second-order valence-electron chi connectivity index (χ2n) is 7.58. The van der Waals surface area contributed by atoms with E-state index in [1.54, 1.807) is 18.2 Å². The Morgan fingerprint density at radius 1 is 1.06 bits per heavy atom. The number of hydrogen-bond acceptors (Lipinski definition) is 7. The van der Waals surface area contributed by atoms with Gasteiger partial charge in [0.1, 0.15) is 24.1 Å². The number of nitrogens with one attached hydrogen (secondary N) is 1. The van der Waals surface area contributed by atoms with Crippen LogP contribution in [0.15, 0.2) is 54.6 Å². The molecule has 0 saturated carbocycles. The van der Waals surface area contributed by atoms with Gasteiger partial charge in [-0.15, -0.1) is 0 Å². The molecule has 13 heteroatoms. The van der Waals surface area contributed by atoms with Crippen LogP contribution in [0.5, 0.6) is 11.5 Å². The number of halogens is 3. The Balaban J connectivity index is 2.18. The van der Waals surface area contributed by atoms with Crippen molar-refractivity contribution in [2.75, 3.05) is 6.61 Å². The SMILES string of the molecule is CC(NP(=O)(Oc1ccccc1)Oc1ccc([N+](=O)[O-])cc1)C(=O)OCC(C)(C)C(F)(F)F. The van der Waals surface area contributed by atoms with Gasteiger partial charge in [0.05, 0.1) is 10.3 Å². The first kappa shape index (κ1) is 26.1. The Morgan fingerprint density at radius 2 is 1.58 bits per heavy atom. The van der Waals surface area contributed by atoms with Crippen LogP contribution in [0.25, 0.3) is 0 Å². The van der Waals surface area contributed by atoms with Crippen molar-refractivity contribution in [2.45, 2.75) is 33.0 Å². The standard InChI is InChI=1S/C20H22F3N2O7P/c1-14(18(26)30-13-19(2,3)20(21,22)23)24-33(29,31-16-7-5-4-6-8-16)32-17-11-9-15(10-12-17)25(27)28/h4-12,14H,13H2,1-3H3,(H,24,29). The lowest BCUT2D eigenvalue weighted by molar-refractivity contribution is -0.384. The Kier molecular flexibility index (Phi) is 8.10. The molecular weight excluding hydrogens is 468 g/mol. The molecule has 0 bridgehead atoms. The van der Waals surface area contributed by atoms with Crippen molar-refractivity contribution in [3.05, 3.63) is 64.7 Å². The van der Waals surface area contributed by atoms with Crippen LogP contribution in [0.3, 0.4) is 0 Å². The van der Waals surface area contributed by atoms with Gasteiger partial charge in [0.15, 0.2) is 0 Å². The Hall–Kier alpha value is -3.11. The van der Waals surface area contributed by atoms with Crippen LogP contribution in [-0.4, -0.2) is 29.7 Å². The van der Waals surface area contributed by atoms with Crippen LogP contribution in [0, 0.1) is 15.5 Å². The molecule has 0 spiro atoms. The Labute approximate surface area is 187 Å². The number of rotatable bonds is 10. The summed E-state index contributed by atoms with van der Waals surface area (Å²) in [6, 6.07) is 10.9. The molecule has 0 aromatic heterocycles. The lowest BCUT2D eigenvalue weighted by Gasteiger charge is -2.28. The minimum Gasteiger partial charge on any atom is -0.464 e. The van der Waals surface area contributed by atoms with Gasteiger partial charge in [-0.05, 0) is 45.0 Å². The summed E-state index contributed by atoms with van der Waals surface area (Å²) in [4.78, 5) is 22.4. The second-order valence-corrected chi connectivity index (χ2v) is 9.20. The topological polar surface area (TPSA) is 117 Å². The highest BCUT2D eigenvalue weighted by Crippen LogP contribution is 2.45. The minimum atomic E-state index is -4.60. The highest BCUT2D eigenvalue weighted by Gasteiger charge is 2.48. The summed E-state index contributed by atoms with van der Waals surface area (Å²) >= 11 is 0. The number of benzene rings is 2. The van der Waals surface area contributed by atoms with Crippen molar-refractivity contribution in [1.82, 2.24) is 5.09 Å². The fourth-order valence-electron chi connectivity index (χ4n) is 2.21. The molecule has 180 valence electrons. The van der Waals surface area contributed by atoms with Gasteiger partial charge in [-0.3, -0.25) is 14.9 Å². The molecule has 2 aromatic carbocycles. The summed E-state index contributed by atoms with van der Waals surface area (Å²) in [5.74, 6) is -1.09. The number of para-hydroxylation sites is 1. The number of alkyl halides is 3. The second kappa shape index (κ2) is 10.2. The minimum absolute atomic E-state index is 0.0777. The molecule has 2 unspecified atom stereocenters. The average Bonchev–Trinajstić information content (AvgIpc) is 2.72. The third kappa shape index (κ3) is 7.47. The Bertz CT molecular complexity index is 1010. The normalized spacial score (nSPS) is 14.6. The molecule has 0 heterocycles. The molecule has 1 N–H and O–H groups in total. The quantitative estimate of drug-likeness (QED) is 0.207. The summed E-state index contributed by atoms with van der Waals surface area (Å²) in [7, 11) is -4.35. The Morgan fingerprint density at radius 3 is 2.06 bits per heavy atom. The molecule has 33 heavy (non-hydrogen) atoms. The number of carbonyl (C=O) groups is 1. The van der Waals surface area contributed by atoms with E-state index in [0.29, 0.717) is 0 Å². The van der Waals surface area contributed by atoms with Crippen LogP contribution >= 0.6 is 7.75 Å². The van der Waals surface area contributed by atoms with Crippen LogP contribution in [0.4, 0.5) is 18.9 Å². The molecule has 2 rings (SSSR count). The smallest absolute Gasteiger partial charge is 0.464 e. The summed E-state index contributed by atoms with van der Waals surface area (Å²) in [5, 5.41) is 13.1. The molecular formula is C20H22F3N2O7P. The number of carbonyl (C=O) groups excluding carboxylic acids is 1. The van der Waals surface area contributed by atoms with Gasteiger partial charge < -0.3 is 13.8 Å². The predicted octanol–water partition coefficient (Wildman–Crippen LogP) is 5.27. The van der Waals surface area contributed by atoms with Crippen LogP contribution in [0.1, 0.15) is 20.8 Å². The number of esters is 1. The number of non-ortho nitro benzene ring substituents is 1. The first-order valence-electron chi connectivity index (χ1n) is 9.52. The lowest BCUT2D eigenvalue weighted by atomic mass is 9.94. The van der Waals surface area contributed by atoms with Crippen molar-refractivity contribution in [1.29, 1.82) is 0 Å². The van der Waals surface area contributed by atoms with Gasteiger partial charge in [0.25, 0.3) is 5.69 Å². The zero-order valence-corrected chi connectivity index (χ0v) is 18.8. The van der Waals surface area contributed by atoms with E-state index < -0.39 is 42.9 Å². The highest BCUT2D eigenvalue weighted by molar-refractivity contribution is 7.52. The van der Waals surface area contributed by atoms with Gasteiger partial charge in [-0.1, -0.05) is 18.2 Å². The van der Waals surface area contributed by atoms with E-state index in [0.717, 1.165) is 26.0 Å². The number of nitro groups is 1. The van der Waals surface area contributed by atoms with Crippen LogP contribution in [0.2, 0.25) is 0 Å². The first-order valence-corrected chi connectivity index (χ1v) is 11.1. The van der Waals surface area contributed by atoms with E-state index in [1.807, 2.05) is 0 Å². The average molecular weight is 490 g/mol. The molecule has 0 aliphatic rings. The maximum absolute atomic E-state index is 13.4. The fraction of sp³-hybridized carbons (Fsp3) is 0.350. The zero-order chi connectivity index (χ0) is 24.9.